The molecule has 0 fully saturated rings. The Morgan fingerprint density at radius 1 is 1.38 bits per heavy atom. The lowest BCUT2D eigenvalue weighted by molar-refractivity contribution is 0.539. The van der Waals surface area contributed by atoms with E-state index < -0.39 is 0 Å². The monoisotopic (exact) mass is 244 g/mol. The molecule has 0 aromatic carbocycles. The SMILES string of the molecule is Cc1nc(C(C)(C)C)[nH]c(=O)c1Br. The van der Waals surface area contributed by atoms with Crippen LogP contribution in [0.1, 0.15) is 32.3 Å². The van der Waals surface area contributed by atoms with E-state index in [9.17, 15) is 4.79 Å². The Morgan fingerprint density at radius 3 is 2.31 bits per heavy atom. The Balaban J connectivity index is 3.38. The van der Waals surface area contributed by atoms with Gasteiger partial charge in [0.05, 0.1) is 5.69 Å². The third kappa shape index (κ3) is 2.18. The standard InChI is InChI=1S/C9H13BrN2O/c1-5-6(10)7(13)12-8(11-5)9(2,3)4/h1-4H3,(H,11,12,13). The van der Waals surface area contributed by atoms with E-state index in [1.54, 1.807) is 0 Å². The van der Waals surface area contributed by atoms with Crippen molar-refractivity contribution < 1.29 is 0 Å². The fourth-order valence-corrected chi connectivity index (χ4v) is 1.11. The number of hydrogen-bond acceptors (Lipinski definition) is 2. The van der Waals surface area contributed by atoms with Gasteiger partial charge in [0, 0.05) is 5.41 Å². The van der Waals surface area contributed by atoms with Crippen LogP contribution in [-0.2, 0) is 5.41 Å². The van der Waals surface area contributed by atoms with Gasteiger partial charge in [0.2, 0.25) is 0 Å². The number of hydrogen-bond donors (Lipinski definition) is 1. The van der Waals surface area contributed by atoms with Crippen molar-refractivity contribution in [3.05, 3.63) is 26.3 Å². The second kappa shape index (κ2) is 3.25. The highest BCUT2D eigenvalue weighted by atomic mass is 79.9. The fraction of sp³-hybridized carbons (Fsp3) is 0.556. The van der Waals surface area contributed by atoms with Crippen LogP contribution in [-0.4, -0.2) is 9.97 Å². The highest BCUT2D eigenvalue weighted by Crippen LogP contribution is 2.18. The minimum absolute atomic E-state index is 0.113. The maximum atomic E-state index is 11.4. The Bertz CT molecular complexity index is 376. The molecule has 0 unspecified atom stereocenters. The summed E-state index contributed by atoms with van der Waals surface area (Å²) in [6.45, 7) is 7.85. The lowest BCUT2D eigenvalue weighted by atomic mass is 9.96. The van der Waals surface area contributed by atoms with E-state index in [1.165, 1.54) is 0 Å². The number of rotatable bonds is 0. The molecule has 1 rings (SSSR count). The normalized spacial score (nSPS) is 11.8. The summed E-state index contributed by atoms with van der Waals surface area (Å²) in [5.74, 6) is 0.721. The molecule has 72 valence electrons. The predicted octanol–water partition coefficient (Wildman–Crippen LogP) is 2.14. The molecule has 3 nitrogen and oxygen atoms in total. The number of halogens is 1. The second-order valence-electron chi connectivity index (χ2n) is 4.06. The van der Waals surface area contributed by atoms with Crippen LogP contribution in [0.3, 0.4) is 0 Å². The molecule has 0 aliphatic carbocycles. The highest BCUT2D eigenvalue weighted by molar-refractivity contribution is 9.10. The molecule has 4 heteroatoms. The van der Waals surface area contributed by atoms with Crippen molar-refractivity contribution in [2.45, 2.75) is 33.1 Å². The van der Waals surface area contributed by atoms with E-state index in [4.69, 9.17) is 0 Å². The van der Waals surface area contributed by atoms with Gasteiger partial charge in [0.25, 0.3) is 5.56 Å². The van der Waals surface area contributed by atoms with Crippen LogP contribution >= 0.6 is 15.9 Å². The van der Waals surface area contributed by atoms with Gasteiger partial charge >= 0.3 is 0 Å². The van der Waals surface area contributed by atoms with Crippen LogP contribution in [0, 0.1) is 6.92 Å². The Morgan fingerprint density at radius 2 is 1.92 bits per heavy atom. The van der Waals surface area contributed by atoms with Gasteiger partial charge in [-0.25, -0.2) is 4.98 Å². The lowest BCUT2D eigenvalue weighted by Crippen LogP contribution is -2.23. The number of aromatic nitrogens is 2. The summed E-state index contributed by atoms with van der Waals surface area (Å²) in [5, 5.41) is 0. The molecule has 0 saturated heterocycles. The van der Waals surface area contributed by atoms with E-state index in [0.29, 0.717) is 4.47 Å². The largest absolute Gasteiger partial charge is 0.309 e. The minimum Gasteiger partial charge on any atom is -0.309 e. The van der Waals surface area contributed by atoms with Gasteiger partial charge in [-0.2, -0.15) is 0 Å². The van der Waals surface area contributed by atoms with E-state index >= 15 is 0 Å². The van der Waals surface area contributed by atoms with Crippen LogP contribution in [0.2, 0.25) is 0 Å². The van der Waals surface area contributed by atoms with E-state index in [-0.39, 0.29) is 11.0 Å². The van der Waals surface area contributed by atoms with E-state index in [1.807, 2.05) is 27.7 Å². The summed E-state index contributed by atoms with van der Waals surface area (Å²) >= 11 is 3.17. The van der Waals surface area contributed by atoms with Crippen LogP contribution < -0.4 is 5.56 Å². The first kappa shape index (κ1) is 10.4. The summed E-state index contributed by atoms with van der Waals surface area (Å²) in [4.78, 5) is 18.4. The summed E-state index contributed by atoms with van der Waals surface area (Å²) in [6.07, 6.45) is 0. The zero-order chi connectivity index (χ0) is 10.2. The molecule has 0 aliphatic rings. The maximum Gasteiger partial charge on any atom is 0.265 e. The van der Waals surface area contributed by atoms with Crippen molar-refractivity contribution in [1.29, 1.82) is 0 Å². The summed E-state index contributed by atoms with van der Waals surface area (Å²) < 4.78 is 0.514. The van der Waals surface area contributed by atoms with Crippen molar-refractivity contribution in [3.63, 3.8) is 0 Å². The average molecular weight is 245 g/mol. The third-order valence-electron chi connectivity index (χ3n) is 1.74. The zero-order valence-corrected chi connectivity index (χ0v) is 9.82. The summed E-state index contributed by atoms with van der Waals surface area (Å²) in [5.41, 5.74) is 0.496. The van der Waals surface area contributed by atoms with Crippen LogP contribution in [0.4, 0.5) is 0 Å². The molecule has 1 N–H and O–H groups in total. The third-order valence-corrected chi connectivity index (χ3v) is 2.67. The quantitative estimate of drug-likeness (QED) is 0.761. The summed E-state index contributed by atoms with van der Waals surface area (Å²) in [7, 11) is 0. The van der Waals surface area contributed by atoms with E-state index in [2.05, 4.69) is 25.9 Å². The molecule has 13 heavy (non-hydrogen) atoms. The molecular weight excluding hydrogens is 232 g/mol. The number of nitrogens with one attached hydrogen (secondary N) is 1. The van der Waals surface area contributed by atoms with Crippen molar-refractivity contribution in [2.75, 3.05) is 0 Å². The van der Waals surface area contributed by atoms with Gasteiger partial charge in [-0.1, -0.05) is 20.8 Å². The van der Waals surface area contributed by atoms with Gasteiger partial charge in [-0.3, -0.25) is 4.79 Å². The lowest BCUT2D eigenvalue weighted by Gasteiger charge is -2.17. The molecule has 1 aromatic heterocycles. The Labute approximate surface area is 85.7 Å². The van der Waals surface area contributed by atoms with Crippen molar-refractivity contribution >= 4 is 15.9 Å². The number of aromatic amines is 1. The van der Waals surface area contributed by atoms with E-state index in [0.717, 1.165) is 11.5 Å². The van der Waals surface area contributed by atoms with Crippen molar-refractivity contribution in [3.8, 4) is 0 Å². The average Bonchev–Trinajstić information content (AvgIpc) is 1.97. The molecule has 0 bridgehead atoms. The minimum atomic E-state index is -0.120. The topological polar surface area (TPSA) is 45.8 Å². The van der Waals surface area contributed by atoms with Gasteiger partial charge in [0.15, 0.2) is 0 Å². The number of H-pyrrole nitrogens is 1. The molecule has 1 aromatic rings. The zero-order valence-electron chi connectivity index (χ0n) is 8.23. The smallest absolute Gasteiger partial charge is 0.265 e. The molecule has 0 saturated carbocycles. The first-order valence-corrected chi connectivity index (χ1v) is 4.88. The highest BCUT2D eigenvalue weighted by Gasteiger charge is 2.18. The molecule has 0 radical (unpaired) electrons. The molecule has 0 atom stereocenters. The van der Waals surface area contributed by atoms with Crippen molar-refractivity contribution in [1.82, 2.24) is 9.97 Å². The molecular formula is C9H13BrN2O. The fourth-order valence-electron chi connectivity index (χ4n) is 0.927. The molecule has 0 spiro atoms. The van der Waals surface area contributed by atoms with Crippen molar-refractivity contribution in [2.24, 2.45) is 0 Å². The van der Waals surface area contributed by atoms with Gasteiger partial charge in [0.1, 0.15) is 10.3 Å². The first-order chi connectivity index (χ1) is 5.82. The van der Waals surface area contributed by atoms with Gasteiger partial charge < -0.3 is 4.98 Å². The maximum absolute atomic E-state index is 11.4. The number of aryl methyl sites for hydroxylation is 1. The molecule has 0 amide bonds. The summed E-state index contributed by atoms with van der Waals surface area (Å²) in [6, 6.07) is 0. The molecule has 0 aliphatic heterocycles. The van der Waals surface area contributed by atoms with Gasteiger partial charge in [-0.15, -0.1) is 0 Å². The predicted molar refractivity (Wildman–Crippen MR) is 56.0 cm³/mol. The van der Waals surface area contributed by atoms with Crippen LogP contribution in [0.5, 0.6) is 0 Å². The van der Waals surface area contributed by atoms with Gasteiger partial charge in [-0.05, 0) is 22.9 Å². The Kier molecular flexibility index (Phi) is 2.61. The van der Waals surface area contributed by atoms with Crippen LogP contribution in [0.25, 0.3) is 0 Å². The first-order valence-electron chi connectivity index (χ1n) is 4.09. The molecule has 1 heterocycles. The van der Waals surface area contributed by atoms with Crippen LogP contribution in [0.15, 0.2) is 9.27 Å². The number of nitrogens with zero attached hydrogens (tertiary/aromatic N) is 1. The second-order valence-corrected chi connectivity index (χ2v) is 4.86. The Hall–Kier alpha value is -0.640.